The lowest BCUT2D eigenvalue weighted by Crippen LogP contribution is -2.27. The first-order valence-electron chi connectivity index (χ1n) is 3.33. The fraction of sp³-hybridized carbons (Fsp3) is 0.667. The molecule has 11 heavy (non-hydrogen) atoms. The van der Waals surface area contributed by atoms with E-state index in [4.69, 9.17) is 4.74 Å². The number of rotatable bonds is 3. The lowest BCUT2D eigenvalue weighted by atomic mass is 10.4. The second kappa shape index (κ2) is 3.73. The van der Waals surface area contributed by atoms with Crippen LogP contribution in [0.25, 0.3) is 0 Å². The number of hydrogen-bond acceptors (Lipinski definition) is 4. The number of imide groups is 1. The Balaban J connectivity index is 2.34. The van der Waals surface area contributed by atoms with Crippen LogP contribution < -0.4 is 5.32 Å². The Bertz CT molecular complexity index is 183. The molecule has 0 aliphatic carbocycles. The Hall–Kier alpha value is -0.550. The minimum Gasteiger partial charge on any atom is -0.380 e. The van der Waals surface area contributed by atoms with E-state index in [0.29, 0.717) is 13.2 Å². The number of thioether (sulfide) groups is 1. The van der Waals surface area contributed by atoms with Crippen molar-refractivity contribution in [3.05, 3.63) is 0 Å². The highest BCUT2D eigenvalue weighted by Gasteiger charge is 2.31. The maximum atomic E-state index is 10.9. The van der Waals surface area contributed by atoms with Crippen molar-refractivity contribution in [1.82, 2.24) is 5.32 Å². The van der Waals surface area contributed by atoms with Crippen LogP contribution in [0.3, 0.4) is 0 Å². The predicted octanol–water partition coefficient (Wildman–Crippen LogP) is 0.374. The molecule has 62 valence electrons. The van der Waals surface area contributed by atoms with Crippen LogP contribution in [0.5, 0.6) is 0 Å². The van der Waals surface area contributed by atoms with Crippen molar-refractivity contribution >= 4 is 22.9 Å². The number of amides is 2. The lowest BCUT2D eigenvalue weighted by Gasteiger charge is -2.02. The summed E-state index contributed by atoms with van der Waals surface area (Å²) >= 11 is 0.989. The molecule has 0 saturated carbocycles. The van der Waals surface area contributed by atoms with Gasteiger partial charge in [0.15, 0.2) is 0 Å². The average molecular weight is 175 g/mol. The fourth-order valence-corrected chi connectivity index (χ4v) is 1.48. The van der Waals surface area contributed by atoms with Crippen molar-refractivity contribution in [1.29, 1.82) is 0 Å². The molecule has 0 aromatic heterocycles. The second-order valence-corrected chi connectivity index (χ2v) is 3.22. The van der Waals surface area contributed by atoms with Gasteiger partial charge in [0.1, 0.15) is 5.25 Å². The van der Waals surface area contributed by atoms with Crippen LogP contribution >= 0.6 is 11.8 Å². The van der Waals surface area contributed by atoms with E-state index in [1.54, 1.807) is 0 Å². The van der Waals surface area contributed by atoms with E-state index in [0.717, 1.165) is 11.8 Å². The molecule has 1 heterocycles. The monoisotopic (exact) mass is 175 g/mol. The number of hydrogen-bond donors (Lipinski definition) is 1. The third-order valence-corrected chi connectivity index (χ3v) is 2.19. The first kappa shape index (κ1) is 8.55. The minimum absolute atomic E-state index is 0.242. The molecule has 5 heteroatoms. The summed E-state index contributed by atoms with van der Waals surface area (Å²) in [5, 5.41) is 1.56. The van der Waals surface area contributed by atoms with Crippen LogP contribution in [0.2, 0.25) is 0 Å². The van der Waals surface area contributed by atoms with Gasteiger partial charge in [0, 0.05) is 6.61 Å². The van der Waals surface area contributed by atoms with E-state index >= 15 is 0 Å². The molecule has 1 aliphatic heterocycles. The quantitative estimate of drug-likeness (QED) is 0.673. The first-order valence-corrected chi connectivity index (χ1v) is 4.21. The van der Waals surface area contributed by atoms with Gasteiger partial charge in [0.2, 0.25) is 5.91 Å². The maximum Gasteiger partial charge on any atom is 0.286 e. The largest absolute Gasteiger partial charge is 0.380 e. The Morgan fingerprint density at radius 3 is 2.82 bits per heavy atom. The molecule has 1 fully saturated rings. The first-order chi connectivity index (χ1) is 5.24. The van der Waals surface area contributed by atoms with Gasteiger partial charge in [-0.05, 0) is 18.7 Å². The van der Waals surface area contributed by atoms with Crippen LogP contribution in [0.1, 0.15) is 6.92 Å². The normalized spacial score (nSPS) is 23.9. The molecule has 0 bridgehead atoms. The topological polar surface area (TPSA) is 55.4 Å². The zero-order chi connectivity index (χ0) is 8.27. The molecule has 1 N–H and O–H groups in total. The zero-order valence-corrected chi connectivity index (χ0v) is 6.94. The van der Waals surface area contributed by atoms with Gasteiger partial charge in [-0.1, -0.05) is 0 Å². The van der Waals surface area contributed by atoms with Gasteiger partial charge >= 0.3 is 0 Å². The van der Waals surface area contributed by atoms with E-state index in [1.165, 1.54) is 0 Å². The molecule has 1 saturated heterocycles. The number of ether oxygens (including phenoxy) is 1. The molecule has 0 aromatic rings. The van der Waals surface area contributed by atoms with Crippen LogP contribution in [0, 0.1) is 0 Å². The van der Waals surface area contributed by atoms with Gasteiger partial charge in [-0.15, -0.1) is 0 Å². The summed E-state index contributed by atoms with van der Waals surface area (Å²) in [7, 11) is 0. The minimum atomic E-state index is -0.345. The average Bonchev–Trinajstić information content (AvgIpc) is 2.26. The molecule has 1 aliphatic rings. The lowest BCUT2D eigenvalue weighted by molar-refractivity contribution is -0.119. The maximum absolute atomic E-state index is 10.9. The van der Waals surface area contributed by atoms with Gasteiger partial charge < -0.3 is 4.74 Å². The van der Waals surface area contributed by atoms with Gasteiger partial charge in [0.05, 0.1) is 6.61 Å². The van der Waals surface area contributed by atoms with Crippen molar-refractivity contribution in [2.24, 2.45) is 0 Å². The van der Waals surface area contributed by atoms with Crippen molar-refractivity contribution in [2.75, 3.05) is 13.2 Å². The van der Waals surface area contributed by atoms with Gasteiger partial charge in [-0.3, -0.25) is 14.9 Å². The molecule has 0 spiro atoms. The van der Waals surface area contributed by atoms with Crippen LogP contribution in [0.4, 0.5) is 4.79 Å². The summed E-state index contributed by atoms with van der Waals surface area (Å²) in [6.45, 7) is 2.73. The molecule has 4 nitrogen and oxygen atoms in total. The third-order valence-electron chi connectivity index (χ3n) is 1.24. The summed E-state index contributed by atoms with van der Waals surface area (Å²) < 4.78 is 5.00. The summed E-state index contributed by atoms with van der Waals surface area (Å²) in [4.78, 5) is 21.5. The highest BCUT2D eigenvalue weighted by Crippen LogP contribution is 2.18. The molecular weight excluding hydrogens is 166 g/mol. The number of nitrogens with one attached hydrogen (secondary N) is 1. The van der Waals surface area contributed by atoms with Crippen LogP contribution in [0.15, 0.2) is 0 Å². The van der Waals surface area contributed by atoms with Crippen molar-refractivity contribution in [3.8, 4) is 0 Å². The van der Waals surface area contributed by atoms with E-state index in [9.17, 15) is 9.59 Å². The van der Waals surface area contributed by atoms with E-state index < -0.39 is 0 Å². The molecule has 0 aromatic carbocycles. The molecule has 2 amide bonds. The smallest absolute Gasteiger partial charge is 0.286 e. The Morgan fingerprint density at radius 2 is 2.36 bits per heavy atom. The zero-order valence-electron chi connectivity index (χ0n) is 6.12. The molecule has 1 unspecified atom stereocenters. The summed E-state index contributed by atoms with van der Waals surface area (Å²) in [5.74, 6) is -0.242. The SMILES string of the molecule is CCOCC1SC(=O)NC1=O. The van der Waals surface area contributed by atoms with E-state index in [1.807, 2.05) is 6.92 Å². The number of carbonyl (C=O) groups excluding carboxylic acids is 2. The highest BCUT2D eigenvalue weighted by atomic mass is 32.2. The van der Waals surface area contributed by atoms with E-state index in [-0.39, 0.29) is 16.4 Å². The molecular formula is C6H9NO3S. The van der Waals surface area contributed by atoms with Crippen LogP contribution in [-0.4, -0.2) is 29.6 Å². The van der Waals surface area contributed by atoms with Crippen LogP contribution in [-0.2, 0) is 9.53 Å². The Kier molecular flexibility index (Phi) is 2.90. The summed E-state index contributed by atoms with van der Waals surface area (Å²) in [6.07, 6.45) is 0. The van der Waals surface area contributed by atoms with Gasteiger partial charge in [0.25, 0.3) is 5.24 Å². The second-order valence-electron chi connectivity index (χ2n) is 2.04. The van der Waals surface area contributed by atoms with Crippen molar-refractivity contribution in [3.63, 3.8) is 0 Å². The molecule has 1 atom stereocenters. The Morgan fingerprint density at radius 1 is 1.64 bits per heavy atom. The van der Waals surface area contributed by atoms with Gasteiger partial charge in [-0.25, -0.2) is 0 Å². The molecule has 1 rings (SSSR count). The highest BCUT2D eigenvalue weighted by molar-refractivity contribution is 8.15. The standard InChI is InChI=1S/C6H9NO3S/c1-2-10-3-4-5(8)7-6(9)11-4/h4H,2-3H2,1H3,(H,7,8,9). The third kappa shape index (κ3) is 2.20. The van der Waals surface area contributed by atoms with E-state index in [2.05, 4.69) is 5.32 Å². The van der Waals surface area contributed by atoms with Crippen molar-refractivity contribution in [2.45, 2.75) is 12.2 Å². The predicted molar refractivity (Wildman–Crippen MR) is 41.4 cm³/mol. The van der Waals surface area contributed by atoms with Crippen molar-refractivity contribution < 1.29 is 14.3 Å². The fourth-order valence-electron chi connectivity index (χ4n) is 0.728. The Labute approximate surface area is 68.7 Å². The molecule has 0 radical (unpaired) electrons. The number of carbonyl (C=O) groups is 2. The summed E-state index contributed by atoms with van der Waals surface area (Å²) in [6, 6.07) is 0. The van der Waals surface area contributed by atoms with Gasteiger partial charge in [-0.2, -0.15) is 0 Å². The summed E-state index contributed by atoms with van der Waals surface area (Å²) in [5.41, 5.74) is 0.